The van der Waals surface area contributed by atoms with Gasteiger partial charge >= 0.3 is 0 Å². The van der Waals surface area contributed by atoms with Crippen molar-refractivity contribution in [1.82, 2.24) is 9.97 Å². The Morgan fingerprint density at radius 1 is 1.31 bits per heavy atom. The number of nitrogens with zero attached hydrogens (tertiary/aromatic N) is 2. The second kappa shape index (κ2) is 7.00. The summed E-state index contributed by atoms with van der Waals surface area (Å²) in [4.78, 5) is 8.49. The fourth-order valence-corrected chi connectivity index (χ4v) is 1.12. The fraction of sp³-hybridized carbons (Fsp3) is 0.636. The summed E-state index contributed by atoms with van der Waals surface area (Å²) in [5.41, 5.74) is 0. The Morgan fingerprint density at radius 2 is 2.00 bits per heavy atom. The molecule has 1 heterocycles. The Labute approximate surface area is 96.6 Å². The molecule has 1 aromatic rings. The van der Waals surface area contributed by atoms with Crippen LogP contribution in [0.2, 0.25) is 0 Å². The minimum atomic E-state index is 0.161. The Kier molecular flexibility index (Phi) is 5.56. The number of anilines is 2. The predicted molar refractivity (Wildman–Crippen MR) is 65.8 cm³/mol. The molecule has 0 amide bonds. The summed E-state index contributed by atoms with van der Waals surface area (Å²) in [6, 6.07) is 0. The molecule has 0 aliphatic heterocycles. The Hall–Kier alpha value is -1.36. The first-order chi connectivity index (χ1) is 7.76. The normalized spacial score (nSPS) is 12.2. The lowest BCUT2D eigenvalue weighted by atomic mass is 10.4. The van der Waals surface area contributed by atoms with Crippen LogP contribution in [0.3, 0.4) is 0 Å². The van der Waals surface area contributed by atoms with Crippen molar-refractivity contribution in [3.63, 3.8) is 0 Å². The first-order valence-electron chi connectivity index (χ1n) is 5.58. The highest BCUT2D eigenvalue weighted by atomic mass is 16.5. The van der Waals surface area contributed by atoms with Crippen molar-refractivity contribution in [3.05, 3.63) is 12.4 Å². The summed E-state index contributed by atoms with van der Waals surface area (Å²) >= 11 is 0. The van der Waals surface area contributed by atoms with Crippen LogP contribution < -0.4 is 10.6 Å². The van der Waals surface area contributed by atoms with Gasteiger partial charge in [-0.05, 0) is 13.3 Å². The molecule has 1 atom stereocenters. The van der Waals surface area contributed by atoms with Crippen LogP contribution in [0, 0.1) is 0 Å². The average molecular weight is 224 g/mol. The summed E-state index contributed by atoms with van der Waals surface area (Å²) < 4.78 is 5.14. The molecule has 1 rings (SSSR count). The monoisotopic (exact) mass is 224 g/mol. The van der Waals surface area contributed by atoms with Crippen LogP contribution in [-0.4, -0.2) is 36.3 Å². The number of hydrogen-bond acceptors (Lipinski definition) is 5. The standard InChI is InChI=1S/C11H20N4O/c1-4-5-13-10-7-12-8-11(15-10)14-6-9(2)16-3/h7-9H,4-6H2,1-3H3,(H2,13,14,15). The molecule has 0 fully saturated rings. The molecule has 16 heavy (non-hydrogen) atoms. The van der Waals surface area contributed by atoms with E-state index >= 15 is 0 Å². The van der Waals surface area contributed by atoms with E-state index in [0.29, 0.717) is 0 Å². The van der Waals surface area contributed by atoms with Crippen molar-refractivity contribution in [3.8, 4) is 0 Å². The third-order valence-corrected chi connectivity index (χ3v) is 2.16. The molecule has 1 unspecified atom stereocenters. The molecule has 0 aliphatic rings. The zero-order valence-corrected chi connectivity index (χ0v) is 10.2. The van der Waals surface area contributed by atoms with E-state index in [1.807, 2.05) is 6.92 Å². The van der Waals surface area contributed by atoms with Crippen LogP contribution >= 0.6 is 0 Å². The molecule has 5 heteroatoms. The van der Waals surface area contributed by atoms with E-state index in [1.54, 1.807) is 19.5 Å². The lowest BCUT2D eigenvalue weighted by Crippen LogP contribution is -2.19. The second-order valence-electron chi connectivity index (χ2n) is 3.64. The Morgan fingerprint density at radius 3 is 2.62 bits per heavy atom. The third-order valence-electron chi connectivity index (χ3n) is 2.16. The van der Waals surface area contributed by atoms with Crippen molar-refractivity contribution >= 4 is 11.6 Å². The summed E-state index contributed by atoms with van der Waals surface area (Å²) in [5, 5.41) is 6.37. The smallest absolute Gasteiger partial charge is 0.147 e. The molecular formula is C11H20N4O. The van der Waals surface area contributed by atoms with Crippen LogP contribution in [0.25, 0.3) is 0 Å². The van der Waals surface area contributed by atoms with Gasteiger partial charge in [0, 0.05) is 20.2 Å². The zero-order valence-electron chi connectivity index (χ0n) is 10.2. The number of hydrogen-bond donors (Lipinski definition) is 2. The van der Waals surface area contributed by atoms with Crippen LogP contribution in [0.4, 0.5) is 11.6 Å². The van der Waals surface area contributed by atoms with Gasteiger partial charge in [-0.15, -0.1) is 0 Å². The van der Waals surface area contributed by atoms with Gasteiger partial charge in [-0.1, -0.05) is 6.92 Å². The van der Waals surface area contributed by atoms with Crippen molar-refractivity contribution in [1.29, 1.82) is 0 Å². The Bertz CT molecular complexity index is 306. The maximum Gasteiger partial charge on any atom is 0.147 e. The number of nitrogens with one attached hydrogen (secondary N) is 2. The van der Waals surface area contributed by atoms with Gasteiger partial charge in [-0.2, -0.15) is 0 Å². The third kappa shape index (κ3) is 4.44. The average Bonchev–Trinajstić information content (AvgIpc) is 2.34. The highest BCUT2D eigenvalue weighted by molar-refractivity contribution is 5.41. The molecule has 0 aromatic carbocycles. The van der Waals surface area contributed by atoms with Gasteiger partial charge in [-0.25, -0.2) is 4.98 Å². The number of ether oxygens (including phenoxy) is 1. The van der Waals surface area contributed by atoms with Crippen LogP contribution in [0.5, 0.6) is 0 Å². The lowest BCUT2D eigenvalue weighted by Gasteiger charge is -2.11. The molecule has 0 aliphatic carbocycles. The van der Waals surface area contributed by atoms with Gasteiger partial charge < -0.3 is 15.4 Å². The van der Waals surface area contributed by atoms with Crippen LogP contribution in [0.15, 0.2) is 12.4 Å². The van der Waals surface area contributed by atoms with Crippen molar-refractivity contribution in [2.75, 3.05) is 30.8 Å². The SMILES string of the molecule is CCCNc1cncc(NCC(C)OC)n1. The summed E-state index contributed by atoms with van der Waals surface area (Å²) in [7, 11) is 1.69. The topological polar surface area (TPSA) is 59.1 Å². The minimum Gasteiger partial charge on any atom is -0.380 e. The highest BCUT2D eigenvalue weighted by Gasteiger charge is 2.01. The zero-order chi connectivity index (χ0) is 11.8. The van der Waals surface area contributed by atoms with Crippen LogP contribution in [0.1, 0.15) is 20.3 Å². The predicted octanol–water partition coefficient (Wildman–Crippen LogP) is 1.75. The first-order valence-corrected chi connectivity index (χ1v) is 5.58. The molecule has 2 N–H and O–H groups in total. The van der Waals surface area contributed by atoms with E-state index in [1.165, 1.54) is 0 Å². The van der Waals surface area contributed by atoms with Crippen molar-refractivity contribution in [2.24, 2.45) is 0 Å². The largest absolute Gasteiger partial charge is 0.380 e. The molecule has 0 saturated carbocycles. The highest BCUT2D eigenvalue weighted by Crippen LogP contribution is 2.06. The maximum absolute atomic E-state index is 5.14. The maximum atomic E-state index is 5.14. The van der Waals surface area contributed by atoms with Gasteiger partial charge in [0.1, 0.15) is 11.6 Å². The molecule has 1 aromatic heterocycles. The molecule has 0 spiro atoms. The van der Waals surface area contributed by atoms with E-state index in [0.717, 1.165) is 31.1 Å². The molecular weight excluding hydrogens is 204 g/mol. The first kappa shape index (κ1) is 12.7. The van der Waals surface area contributed by atoms with Crippen molar-refractivity contribution < 1.29 is 4.74 Å². The van der Waals surface area contributed by atoms with E-state index in [4.69, 9.17) is 4.74 Å². The van der Waals surface area contributed by atoms with E-state index < -0.39 is 0 Å². The van der Waals surface area contributed by atoms with E-state index in [9.17, 15) is 0 Å². The molecule has 0 saturated heterocycles. The fourth-order valence-electron chi connectivity index (χ4n) is 1.12. The van der Waals surface area contributed by atoms with Gasteiger partial charge in [0.2, 0.25) is 0 Å². The molecule has 5 nitrogen and oxygen atoms in total. The summed E-state index contributed by atoms with van der Waals surface area (Å²) in [6.45, 7) is 5.75. The lowest BCUT2D eigenvalue weighted by molar-refractivity contribution is 0.128. The van der Waals surface area contributed by atoms with Gasteiger partial charge in [0.05, 0.1) is 18.5 Å². The van der Waals surface area contributed by atoms with Crippen molar-refractivity contribution in [2.45, 2.75) is 26.4 Å². The van der Waals surface area contributed by atoms with Crippen LogP contribution in [-0.2, 0) is 4.74 Å². The van der Waals surface area contributed by atoms with E-state index in [-0.39, 0.29) is 6.10 Å². The molecule has 0 radical (unpaired) electrons. The molecule has 90 valence electrons. The summed E-state index contributed by atoms with van der Waals surface area (Å²) in [5.74, 6) is 1.57. The quantitative estimate of drug-likeness (QED) is 0.739. The Balaban J connectivity index is 2.46. The number of methoxy groups -OCH3 is 1. The van der Waals surface area contributed by atoms with Gasteiger partial charge in [0.15, 0.2) is 0 Å². The van der Waals surface area contributed by atoms with E-state index in [2.05, 4.69) is 27.5 Å². The molecule has 0 bridgehead atoms. The van der Waals surface area contributed by atoms with Gasteiger partial charge in [0.25, 0.3) is 0 Å². The number of aromatic nitrogens is 2. The van der Waals surface area contributed by atoms with Gasteiger partial charge in [-0.3, -0.25) is 4.98 Å². The summed E-state index contributed by atoms with van der Waals surface area (Å²) in [6.07, 6.45) is 4.66. The minimum absolute atomic E-state index is 0.161. The second-order valence-corrected chi connectivity index (χ2v) is 3.64. The number of rotatable bonds is 7.